The molecule has 1 fully saturated rings. The fraction of sp³-hybridized carbons (Fsp3) is 0.571. The van der Waals surface area contributed by atoms with Gasteiger partial charge in [0.1, 0.15) is 5.82 Å². The lowest BCUT2D eigenvalue weighted by atomic mass is 9.99. The lowest BCUT2D eigenvalue weighted by molar-refractivity contribution is 0.154. The number of hydrogen-bond donors (Lipinski definition) is 2. The van der Waals surface area contributed by atoms with E-state index >= 15 is 0 Å². The van der Waals surface area contributed by atoms with Crippen LogP contribution in [0.25, 0.3) is 0 Å². The van der Waals surface area contributed by atoms with Crippen molar-refractivity contribution in [1.29, 1.82) is 0 Å². The van der Waals surface area contributed by atoms with Crippen molar-refractivity contribution >= 4 is 28.3 Å². The van der Waals surface area contributed by atoms with Gasteiger partial charge in [-0.05, 0) is 40.4 Å². The summed E-state index contributed by atoms with van der Waals surface area (Å²) in [6.45, 7) is 4.01. The molecule has 2 N–H and O–H groups in total. The first-order chi connectivity index (χ1) is 9.24. The minimum atomic E-state index is -0.221. The first-order valence-electron chi connectivity index (χ1n) is 6.73. The number of nitrogens with one attached hydrogen (secondary N) is 1. The van der Waals surface area contributed by atoms with E-state index in [1.807, 2.05) is 6.07 Å². The van der Waals surface area contributed by atoms with Crippen LogP contribution < -0.4 is 5.32 Å². The van der Waals surface area contributed by atoms with E-state index in [0.717, 1.165) is 44.6 Å². The quantitative estimate of drug-likeness (QED) is 0.840. The first kappa shape index (κ1) is 17.9. The van der Waals surface area contributed by atoms with Crippen molar-refractivity contribution in [2.24, 2.45) is 0 Å². The zero-order chi connectivity index (χ0) is 13.7. The van der Waals surface area contributed by atoms with Crippen LogP contribution in [0.15, 0.2) is 22.7 Å². The van der Waals surface area contributed by atoms with Gasteiger partial charge in [0.2, 0.25) is 0 Å². The van der Waals surface area contributed by atoms with Crippen molar-refractivity contribution in [2.45, 2.75) is 18.9 Å². The van der Waals surface area contributed by atoms with Crippen molar-refractivity contribution in [2.75, 3.05) is 32.8 Å². The van der Waals surface area contributed by atoms with Gasteiger partial charge in [0.15, 0.2) is 0 Å². The second-order valence-corrected chi connectivity index (χ2v) is 5.60. The molecule has 0 aromatic heterocycles. The normalized spacial score (nSPS) is 17.6. The van der Waals surface area contributed by atoms with E-state index in [4.69, 9.17) is 5.11 Å². The van der Waals surface area contributed by atoms with Gasteiger partial charge in [-0.25, -0.2) is 4.39 Å². The number of halogens is 3. The average molecular weight is 368 g/mol. The number of piperazine rings is 1. The van der Waals surface area contributed by atoms with Gasteiger partial charge in [0.05, 0.1) is 4.47 Å². The Morgan fingerprint density at radius 1 is 1.35 bits per heavy atom. The van der Waals surface area contributed by atoms with E-state index < -0.39 is 0 Å². The molecular formula is C14H21BrClFN2O. The van der Waals surface area contributed by atoms with E-state index in [1.54, 1.807) is 6.07 Å². The van der Waals surface area contributed by atoms with Gasteiger partial charge < -0.3 is 10.4 Å². The second-order valence-electron chi connectivity index (χ2n) is 4.81. The van der Waals surface area contributed by atoms with Crippen LogP contribution in [-0.4, -0.2) is 42.8 Å². The van der Waals surface area contributed by atoms with Crippen molar-refractivity contribution in [3.63, 3.8) is 0 Å². The van der Waals surface area contributed by atoms with Crippen LogP contribution in [0.4, 0.5) is 4.39 Å². The van der Waals surface area contributed by atoms with Gasteiger partial charge in [0, 0.05) is 38.8 Å². The molecule has 1 aromatic rings. The van der Waals surface area contributed by atoms with Gasteiger partial charge >= 0.3 is 0 Å². The summed E-state index contributed by atoms with van der Waals surface area (Å²) < 4.78 is 14.3. The van der Waals surface area contributed by atoms with E-state index in [2.05, 4.69) is 26.1 Å². The maximum Gasteiger partial charge on any atom is 0.137 e. The molecular weight excluding hydrogens is 347 g/mol. The molecule has 0 radical (unpaired) electrons. The number of aliphatic hydroxyl groups excluding tert-OH is 1. The lowest BCUT2D eigenvalue weighted by Crippen LogP contribution is -2.45. The Balaban J connectivity index is 0.00000200. The standard InChI is InChI=1S/C14H20BrFN2O.ClH/c15-14-11(3-1-4-12(14)16)13(5-2-10-19)18-8-6-17-7-9-18;/h1,3-4,13,17,19H,2,5-10H2;1H/t13-;/m0./s1. The van der Waals surface area contributed by atoms with Gasteiger partial charge in [-0.15, -0.1) is 12.4 Å². The van der Waals surface area contributed by atoms with E-state index in [1.165, 1.54) is 6.07 Å². The first-order valence-corrected chi connectivity index (χ1v) is 7.53. The fourth-order valence-corrected chi connectivity index (χ4v) is 3.12. The third kappa shape index (κ3) is 4.40. The highest BCUT2D eigenvalue weighted by Gasteiger charge is 2.24. The van der Waals surface area contributed by atoms with E-state index in [9.17, 15) is 4.39 Å². The Bertz CT molecular complexity index is 416. The smallest absolute Gasteiger partial charge is 0.137 e. The molecule has 0 saturated carbocycles. The van der Waals surface area contributed by atoms with Crippen LogP contribution in [-0.2, 0) is 0 Å². The summed E-state index contributed by atoms with van der Waals surface area (Å²) >= 11 is 3.36. The Morgan fingerprint density at radius 2 is 2.05 bits per heavy atom. The molecule has 1 heterocycles. The molecule has 0 unspecified atom stereocenters. The molecule has 1 atom stereocenters. The molecule has 6 heteroatoms. The topological polar surface area (TPSA) is 35.5 Å². The largest absolute Gasteiger partial charge is 0.396 e. The van der Waals surface area contributed by atoms with Crippen LogP contribution >= 0.6 is 28.3 Å². The molecule has 1 aliphatic heterocycles. The van der Waals surface area contributed by atoms with Crippen molar-refractivity contribution in [3.8, 4) is 0 Å². The number of nitrogens with zero attached hydrogens (tertiary/aromatic N) is 1. The second kappa shape index (κ2) is 8.95. The summed E-state index contributed by atoms with van der Waals surface area (Å²) in [5.41, 5.74) is 0.982. The van der Waals surface area contributed by atoms with Gasteiger partial charge in [-0.1, -0.05) is 12.1 Å². The summed E-state index contributed by atoms with van der Waals surface area (Å²) in [5, 5.41) is 12.4. The molecule has 114 valence electrons. The predicted molar refractivity (Wildman–Crippen MR) is 84.9 cm³/mol. The number of benzene rings is 1. The SMILES string of the molecule is Cl.OCCC[C@@H](c1cccc(F)c1Br)N1CCNCC1. The third-order valence-corrected chi connectivity index (χ3v) is 4.41. The van der Waals surface area contributed by atoms with Gasteiger partial charge in [0.25, 0.3) is 0 Å². The molecule has 0 spiro atoms. The Labute approximate surface area is 134 Å². The zero-order valence-corrected chi connectivity index (χ0v) is 13.7. The summed E-state index contributed by atoms with van der Waals surface area (Å²) in [6.07, 6.45) is 1.58. The maximum atomic E-state index is 13.7. The molecule has 1 saturated heterocycles. The highest BCUT2D eigenvalue weighted by atomic mass is 79.9. The Kier molecular flexibility index (Phi) is 7.99. The van der Waals surface area contributed by atoms with Crippen LogP contribution in [0.2, 0.25) is 0 Å². The monoisotopic (exact) mass is 366 g/mol. The summed E-state index contributed by atoms with van der Waals surface area (Å²) in [4.78, 5) is 2.37. The van der Waals surface area contributed by atoms with E-state index in [0.29, 0.717) is 4.47 Å². The molecule has 3 nitrogen and oxygen atoms in total. The average Bonchev–Trinajstić information content (AvgIpc) is 2.45. The maximum absolute atomic E-state index is 13.7. The fourth-order valence-electron chi connectivity index (χ4n) is 2.59. The van der Waals surface area contributed by atoms with Crippen LogP contribution in [0.1, 0.15) is 24.4 Å². The molecule has 0 amide bonds. The summed E-state index contributed by atoms with van der Waals surface area (Å²) in [7, 11) is 0. The third-order valence-electron chi connectivity index (χ3n) is 3.57. The van der Waals surface area contributed by atoms with Crippen molar-refractivity contribution in [1.82, 2.24) is 10.2 Å². The number of hydrogen-bond acceptors (Lipinski definition) is 3. The summed E-state index contributed by atoms with van der Waals surface area (Å²) in [6, 6.07) is 5.36. The van der Waals surface area contributed by atoms with E-state index in [-0.39, 0.29) is 30.9 Å². The number of aliphatic hydroxyl groups is 1. The molecule has 1 aliphatic rings. The van der Waals surface area contributed by atoms with Gasteiger partial charge in [-0.2, -0.15) is 0 Å². The number of rotatable bonds is 5. The molecule has 2 rings (SSSR count). The Hall–Kier alpha value is -0.200. The Morgan fingerprint density at radius 3 is 2.70 bits per heavy atom. The minimum absolute atomic E-state index is 0. The molecule has 20 heavy (non-hydrogen) atoms. The highest BCUT2D eigenvalue weighted by molar-refractivity contribution is 9.10. The van der Waals surface area contributed by atoms with Crippen LogP contribution in [0, 0.1) is 5.82 Å². The molecule has 0 aliphatic carbocycles. The van der Waals surface area contributed by atoms with Crippen LogP contribution in [0.5, 0.6) is 0 Å². The summed E-state index contributed by atoms with van der Waals surface area (Å²) in [5.74, 6) is -0.221. The zero-order valence-electron chi connectivity index (χ0n) is 11.3. The lowest BCUT2D eigenvalue weighted by Gasteiger charge is -2.35. The van der Waals surface area contributed by atoms with Crippen molar-refractivity contribution < 1.29 is 9.50 Å². The highest BCUT2D eigenvalue weighted by Crippen LogP contribution is 2.33. The predicted octanol–water partition coefficient (Wildman–Crippen LogP) is 2.73. The minimum Gasteiger partial charge on any atom is -0.396 e. The molecule has 0 bridgehead atoms. The van der Waals surface area contributed by atoms with Gasteiger partial charge in [-0.3, -0.25) is 4.90 Å². The van der Waals surface area contributed by atoms with Crippen LogP contribution in [0.3, 0.4) is 0 Å². The van der Waals surface area contributed by atoms with Crippen molar-refractivity contribution in [3.05, 3.63) is 34.1 Å². The molecule has 1 aromatic carbocycles.